The number of nitrogens with zero attached hydrogens (tertiary/aromatic N) is 6. The van der Waals surface area contributed by atoms with Gasteiger partial charge in [0.15, 0.2) is 0 Å². The monoisotopic (exact) mass is 937 g/mol. The van der Waals surface area contributed by atoms with Gasteiger partial charge in [0.25, 0.3) is 0 Å². The number of esters is 3. The number of ether oxygens (including phenoxy) is 4. The summed E-state index contributed by atoms with van der Waals surface area (Å²) < 4.78 is 22.4. The number of hydrogen-bond donors (Lipinski definition) is 2. The van der Waals surface area contributed by atoms with Crippen LogP contribution in [0.2, 0.25) is 0 Å². The van der Waals surface area contributed by atoms with Crippen molar-refractivity contribution in [2.75, 3.05) is 59.5 Å². The molecule has 5 rings (SSSR count). The molecule has 3 aromatic heterocycles. The highest BCUT2D eigenvalue weighted by Gasteiger charge is 2.25. The number of carbonyl (C=O) groups excluding carboxylic acids is 4. The Labute approximate surface area is 402 Å². The molecule has 16 nitrogen and oxygen atoms in total. The van der Waals surface area contributed by atoms with Crippen molar-refractivity contribution in [2.24, 2.45) is 5.73 Å². The molecule has 0 saturated heterocycles. The number of amides is 1. The van der Waals surface area contributed by atoms with Gasteiger partial charge in [0.05, 0.1) is 60.4 Å². The fraction of sp³-hybridized carbons (Fsp3) is 0.519. The number of benzene rings is 1. The van der Waals surface area contributed by atoms with E-state index < -0.39 is 28.8 Å². The molecule has 1 amide bonds. The Morgan fingerprint density at radius 2 is 1.09 bits per heavy atom. The van der Waals surface area contributed by atoms with Gasteiger partial charge in [0, 0.05) is 52.2 Å². The smallest absolute Gasteiger partial charge is 0.320 e. The molecule has 4 heterocycles. The summed E-state index contributed by atoms with van der Waals surface area (Å²) in [6.07, 6.45) is 0.781. The Hall–Kier alpha value is -5.81. The van der Waals surface area contributed by atoms with Crippen LogP contribution in [0, 0.1) is 0 Å². The fourth-order valence-corrected chi connectivity index (χ4v) is 7.51. The van der Waals surface area contributed by atoms with Gasteiger partial charge >= 0.3 is 17.9 Å². The second-order valence-corrected chi connectivity index (χ2v) is 20.2. The van der Waals surface area contributed by atoms with Crippen molar-refractivity contribution in [1.29, 1.82) is 0 Å². The van der Waals surface area contributed by atoms with Crippen molar-refractivity contribution in [3.63, 3.8) is 0 Å². The van der Waals surface area contributed by atoms with Gasteiger partial charge in [-0.3, -0.25) is 29.0 Å². The number of rotatable bonds is 14. The Bertz CT molecular complexity index is 2210. The van der Waals surface area contributed by atoms with Crippen LogP contribution in [0.3, 0.4) is 0 Å². The van der Waals surface area contributed by atoms with Crippen LogP contribution in [0.1, 0.15) is 93.0 Å². The lowest BCUT2D eigenvalue weighted by atomic mass is 10.0. The molecule has 368 valence electrons. The highest BCUT2D eigenvalue weighted by molar-refractivity contribution is 5.82. The number of methoxy groups -OCH3 is 1. The minimum absolute atomic E-state index is 0.0225. The van der Waals surface area contributed by atoms with E-state index in [0.717, 1.165) is 28.3 Å². The van der Waals surface area contributed by atoms with E-state index in [1.54, 1.807) is 27.9 Å². The maximum absolute atomic E-state index is 13.4. The van der Waals surface area contributed by atoms with Crippen molar-refractivity contribution in [3.05, 3.63) is 84.2 Å². The summed E-state index contributed by atoms with van der Waals surface area (Å²) in [5.74, 6) is -0.719. The van der Waals surface area contributed by atoms with Crippen LogP contribution < -0.4 is 15.8 Å². The van der Waals surface area contributed by atoms with Crippen molar-refractivity contribution in [2.45, 2.75) is 118 Å². The lowest BCUT2D eigenvalue weighted by Gasteiger charge is -2.31. The predicted octanol–water partition coefficient (Wildman–Crippen LogP) is 6.44. The zero-order chi connectivity index (χ0) is 49.6. The summed E-state index contributed by atoms with van der Waals surface area (Å²) in [6.45, 7) is 20.1. The summed E-state index contributed by atoms with van der Waals surface area (Å²) in [5.41, 5.74) is 10.2. The number of aromatic nitrogens is 3. The maximum Gasteiger partial charge on any atom is 0.320 e. The van der Waals surface area contributed by atoms with E-state index in [9.17, 15) is 19.2 Å². The van der Waals surface area contributed by atoms with Crippen LogP contribution >= 0.6 is 0 Å². The minimum Gasteiger partial charge on any atom is -0.497 e. The fourth-order valence-electron chi connectivity index (χ4n) is 7.51. The molecule has 1 aliphatic heterocycles. The van der Waals surface area contributed by atoms with Gasteiger partial charge in [-0.1, -0.05) is 24.3 Å². The van der Waals surface area contributed by atoms with E-state index in [4.69, 9.17) is 39.6 Å². The SMILES string of the molecule is COc1ccc(-c2cc3nc(c2)-c2cccc(n2)CN(CC(=O)OC(C)(C)C)CCN(CCCNC(=O)C(N)CCC(=O)OC(C)(C)C)CCN(CC(=O)OC(C)(C)C)Cc2cccc-3n2)cc1. The lowest BCUT2D eigenvalue weighted by molar-refractivity contribution is -0.157. The normalized spacial score (nSPS) is 15.0. The van der Waals surface area contributed by atoms with Gasteiger partial charge in [-0.25, -0.2) is 15.0 Å². The van der Waals surface area contributed by atoms with Gasteiger partial charge in [-0.15, -0.1) is 0 Å². The summed E-state index contributed by atoms with van der Waals surface area (Å²) in [4.78, 5) is 73.8. The quantitative estimate of drug-likeness (QED) is 0.0797. The topological polar surface area (TPSA) is 192 Å². The average molecular weight is 937 g/mol. The minimum atomic E-state index is -0.865. The number of fused-ring (bicyclic) bond motifs is 8. The second-order valence-electron chi connectivity index (χ2n) is 20.2. The van der Waals surface area contributed by atoms with Gasteiger partial charge in [0.2, 0.25) is 5.91 Å². The van der Waals surface area contributed by atoms with Crippen molar-refractivity contribution >= 4 is 23.8 Å². The zero-order valence-electron chi connectivity index (χ0n) is 41.7. The van der Waals surface area contributed by atoms with Crippen molar-refractivity contribution in [1.82, 2.24) is 35.0 Å². The third-order valence-electron chi connectivity index (χ3n) is 10.5. The van der Waals surface area contributed by atoms with Crippen LogP contribution in [-0.2, 0) is 46.5 Å². The van der Waals surface area contributed by atoms with E-state index in [-0.39, 0.29) is 43.8 Å². The molecular formula is C52H72N8O8. The molecule has 0 aliphatic carbocycles. The highest BCUT2D eigenvalue weighted by Crippen LogP contribution is 2.31. The molecule has 1 aliphatic rings. The van der Waals surface area contributed by atoms with Crippen LogP contribution in [0.5, 0.6) is 5.75 Å². The molecule has 0 fully saturated rings. The highest BCUT2D eigenvalue weighted by atomic mass is 16.6. The van der Waals surface area contributed by atoms with Crippen LogP contribution in [0.25, 0.3) is 33.9 Å². The van der Waals surface area contributed by atoms with E-state index in [1.165, 1.54) is 0 Å². The molecule has 6 bridgehead atoms. The third kappa shape index (κ3) is 18.4. The first-order valence-corrected chi connectivity index (χ1v) is 23.5. The number of carbonyl (C=O) groups is 4. The largest absolute Gasteiger partial charge is 0.497 e. The van der Waals surface area contributed by atoms with Crippen LogP contribution in [0.15, 0.2) is 72.8 Å². The van der Waals surface area contributed by atoms with Gasteiger partial charge in [-0.2, -0.15) is 0 Å². The molecule has 0 spiro atoms. The molecule has 3 N–H and O–H groups in total. The Morgan fingerprint density at radius 3 is 1.56 bits per heavy atom. The van der Waals surface area contributed by atoms with Gasteiger partial charge in [-0.05, 0) is 141 Å². The summed E-state index contributed by atoms with van der Waals surface area (Å²) in [5, 5.41) is 2.93. The number of nitrogens with two attached hydrogens (primary N) is 1. The number of hydrogen-bond acceptors (Lipinski definition) is 15. The van der Waals surface area contributed by atoms with E-state index in [0.29, 0.717) is 81.6 Å². The number of nitrogens with one attached hydrogen (secondary N) is 1. The average Bonchev–Trinajstić information content (AvgIpc) is 3.25. The predicted molar refractivity (Wildman–Crippen MR) is 262 cm³/mol. The van der Waals surface area contributed by atoms with Gasteiger partial charge in [0.1, 0.15) is 22.6 Å². The standard InChI is InChI=1S/C52H72N8O8/c1-50(2,3)66-46(61)23-22-41(53)49(64)54-24-13-25-58-26-28-59(34-47(62)67-51(4,5)6)32-38-14-11-16-42(55-38)44-30-37(36-18-20-40(65-10)21-19-36)31-45(57-44)43-17-12-15-39(56-43)33-60(29-27-58)35-48(63)68-52(7,8)9/h11-12,14-21,30-31,41H,13,22-29,32-35,53H2,1-10H3,(H,54,64). The van der Waals surface area contributed by atoms with E-state index in [2.05, 4.69) is 10.2 Å². The van der Waals surface area contributed by atoms with E-state index >= 15 is 0 Å². The van der Waals surface area contributed by atoms with Gasteiger partial charge < -0.3 is 34.9 Å². The maximum atomic E-state index is 13.4. The lowest BCUT2D eigenvalue weighted by Crippen LogP contribution is -2.44. The molecule has 1 atom stereocenters. The molecule has 0 saturated carbocycles. The van der Waals surface area contributed by atoms with Crippen LogP contribution in [0.4, 0.5) is 0 Å². The van der Waals surface area contributed by atoms with E-state index in [1.807, 2.05) is 124 Å². The summed E-state index contributed by atoms with van der Waals surface area (Å²) in [6, 6.07) is 22.6. The number of pyridine rings is 3. The molecule has 4 aromatic rings. The Balaban J connectivity index is 1.48. The first kappa shape index (κ1) is 53.1. The molecule has 0 radical (unpaired) electrons. The summed E-state index contributed by atoms with van der Waals surface area (Å²) in [7, 11) is 1.64. The third-order valence-corrected chi connectivity index (χ3v) is 10.5. The molecular weight excluding hydrogens is 865 g/mol. The molecule has 68 heavy (non-hydrogen) atoms. The summed E-state index contributed by atoms with van der Waals surface area (Å²) >= 11 is 0. The van der Waals surface area contributed by atoms with Crippen molar-refractivity contribution in [3.8, 4) is 39.7 Å². The molecule has 1 aromatic carbocycles. The second kappa shape index (κ2) is 24.0. The first-order chi connectivity index (χ1) is 32.0. The Kier molecular flexibility index (Phi) is 18.7. The zero-order valence-corrected chi connectivity index (χ0v) is 41.7. The van der Waals surface area contributed by atoms with Crippen molar-refractivity contribution < 1.29 is 38.1 Å². The Morgan fingerprint density at radius 1 is 0.618 bits per heavy atom. The molecule has 16 heteroatoms. The van der Waals surface area contributed by atoms with Crippen LogP contribution in [-0.4, -0.2) is 136 Å². The molecule has 1 unspecified atom stereocenters. The first-order valence-electron chi connectivity index (χ1n) is 23.5.